The van der Waals surface area contributed by atoms with Gasteiger partial charge in [-0.15, -0.1) is 0 Å². The molecular weight excluding hydrogens is 430 g/mol. The lowest BCUT2D eigenvalue weighted by Crippen LogP contribution is -2.44. The number of hydrogen-bond donors (Lipinski definition) is 3. The zero-order valence-electron chi connectivity index (χ0n) is 17.5. The molecule has 3 N–H and O–H groups in total. The zero-order valence-corrected chi connectivity index (χ0v) is 17.5. The first-order valence-electron chi connectivity index (χ1n) is 9.28. The number of carboxylic acids is 1. The predicted molar refractivity (Wildman–Crippen MR) is 109 cm³/mol. The minimum Gasteiger partial charge on any atom is -0.493 e. The second-order valence-electron chi connectivity index (χ2n) is 6.49. The largest absolute Gasteiger partial charge is 0.493 e. The first-order valence-corrected chi connectivity index (χ1v) is 9.28. The Balaban J connectivity index is 2.28. The fourth-order valence-electron chi connectivity index (χ4n) is 2.80. The Morgan fingerprint density at radius 2 is 1.62 bits per heavy atom. The Kier molecular flexibility index (Phi) is 8.33. The van der Waals surface area contributed by atoms with Crippen molar-refractivity contribution in [3.63, 3.8) is 0 Å². The van der Waals surface area contributed by atoms with Crippen LogP contribution >= 0.6 is 0 Å². The number of aliphatic carboxylic acids is 1. The molecule has 0 bridgehead atoms. The van der Waals surface area contributed by atoms with Crippen LogP contribution in [0.2, 0.25) is 0 Å². The first-order chi connectivity index (χ1) is 15.2. The minimum atomic E-state index is -1.33. The monoisotopic (exact) mass is 452 g/mol. The van der Waals surface area contributed by atoms with Crippen LogP contribution in [0.25, 0.3) is 0 Å². The maximum Gasteiger partial charge on any atom is 0.303 e. The van der Waals surface area contributed by atoms with Gasteiger partial charge in [-0.05, 0) is 30.7 Å². The number of hydrogen-bond acceptors (Lipinski definition) is 6. The highest BCUT2D eigenvalue weighted by Crippen LogP contribution is 2.38. The number of carbonyl (C=O) groups is 3. The highest BCUT2D eigenvalue weighted by molar-refractivity contribution is 6.02. The predicted octanol–water partition coefficient (Wildman–Crippen LogP) is 2.59. The standard InChI is InChI=1S/C21H22F2N2O7/c1-30-16-8-11(9-17(31-2)19(16)32-3)20(28)25-15(6-7-18(26)27)21(29)24-14-5-4-12(22)10-13(14)23/h4-5,8-10,15H,6-7H2,1-3H3,(H,24,29)(H,25,28)(H,26,27)/t15-/m1/s1. The second kappa shape index (κ2) is 10.9. The molecule has 172 valence electrons. The topological polar surface area (TPSA) is 123 Å². The average molecular weight is 452 g/mol. The number of methoxy groups -OCH3 is 3. The summed E-state index contributed by atoms with van der Waals surface area (Å²) in [5.41, 5.74) is -0.278. The van der Waals surface area contributed by atoms with E-state index in [1.807, 2.05) is 0 Å². The summed E-state index contributed by atoms with van der Waals surface area (Å²) in [6, 6.07) is 3.90. The van der Waals surface area contributed by atoms with E-state index in [2.05, 4.69) is 10.6 Å². The SMILES string of the molecule is COc1cc(C(=O)N[C@H](CCC(=O)O)C(=O)Nc2ccc(F)cc2F)cc(OC)c1OC. The van der Waals surface area contributed by atoms with Gasteiger partial charge in [-0.1, -0.05) is 0 Å². The molecule has 0 aliphatic rings. The van der Waals surface area contributed by atoms with E-state index in [0.29, 0.717) is 6.07 Å². The molecule has 0 unspecified atom stereocenters. The molecule has 32 heavy (non-hydrogen) atoms. The summed E-state index contributed by atoms with van der Waals surface area (Å²) in [4.78, 5) is 36.4. The molecule has 0 fully saturated rings. The number of anilines is 1. The summed E-state index contributed by atoms with van der Waals surface area (Å²) in [6.07, 6.45) is -0.723. The van der Waals surface area contributed by atoms with Crippen LogP contribution in [-0.2, 0) is 9.59 Å². The summed E-state index contributed by atoms with van der Waals surface area (Å²) in [5, 5.41) is 13.6. The molecule has 9 nitrogen and oxygen atoms in total. The van der Waals surface area contributed by atoms with Crippen LogP contribution in [0.1, 0.15) is 23.2 Å². The number of carboxylic acid groups (broad SMARTS) is 1. The summed E-state index contributed by atoms with van der Waals surface area (Å²) in [5.74, 6) is -4.04. The van der Waals surface area contributed by atoms with Crippen molar-refractivity contribution in [2.24, 2.45) is 0 Å². The minimum absolute atomic E-state index is 0.0422. The van der Waals surface area contributed by atoms with Crippen LogP contribution in [0.5, 0.6) is 17.2 Å². The maximum atomic E-state index is 13.9. The lowest BCUT2D eigenvalue weighted by Gasteiger charge is -2.19. The van der Waals surface area contributed by atoms with Gasteiger partial charge in [-0.2, -0.15) is 0 Å². The summed E-state index contributed by atoms with van der Waals surface area (Å²) >= 11 is 0. The van der Waals surface area contributed by atoms with Crippen molar-refractivity contribution >= 4 is 23.5 Å². The highest BCUT2D eigenvalue weighted by atomic mass is 19.1. The molecule has 0 saturated heterocycles. The first kappa shape index (κ1) is 24.4. The summed E-state index contributed by atoms with van der Waals surface area (Å²) in [7, 11) is 4.11. The Morgan fingerprint density at radius 1 is 1.00 bits per heavy atom. The maximum absolute atomic E-state index is 13.9. The Morgan fingerprint density at radius 3 is 2.12 bits per heavy atom. The van der Waals surface area contributed by atoms with Crippen LogP contribution in [0, 0.1) is 11.6 Å². The Bertz CT molecular complexity index is 989. The van der Waals surface area contributed by atoms with Crippen molar-refractivity contribution in [3.8, 4) is 17.2 Å². The second-order valence-corrected chi connectivity index (χ2v) is 6.49. The molecule has 2 aromatic carbocycles. The van der Waals surface area contributed by atoms with Crippen LogP contribution < -0.4 is 24.8 Å². The third-order valence-corrected chi connectivity index (χ3v) is 4.38. The van der Waals surface area contributed by atoms with Crippen molar-refractivity contribution in [2.45, 2.75) is 18.9 Å². The van der Waals surface area contributed by atoms with Crippen LogP contribution in [0.4, 0.5) is 14.5 Å². The van der Waals surface area contributed by atoms with Crippen LogP contribution in [0.15, 0.2) is 30.3 Å². The molecule has 0 aliphatic heterocycles. The molecule has 2 aromatic rings. The van der Waals surface area contributed by atoms with E-state index in [-0.39, 0.29) is 34.9 Å². The zero-order chi connectivity index (χ0) is 23.8. The lowest BCUT2D eigenvalue weighted by molar-refractivity contribution is -0.137. The van der Waals surface area contributed by atoms with E-state index in [9.17, 15) is 23.2 Å². The van der Waals surface area contributed by atoms with Gasteiger partial charge in [0.1, 0.15) is 17.7 Å². The molecule has 0 radical (unpaired) electrons. The van der Waals surface area contributed by atoms with Crippen molar-refractivity contribution in [3.05, 3.63) is 47.5 Å². The van der Waals surface area contributed by atoms with Gasteiger partial charge in [0, 0.05) is 18.1 Å². The molecule has 0 saturated carbocycles. The van der Waals surface area contributed by atoms with Crippen LogP contribution in [-0.4, -0.2) is 50.3 Å². The molecule has 2 rings (SSSR count). The fraction of sp³-hybridized carbons (Fsp3) is 0.286. The molecular formula is C21H22F2N2O7. The van der Waals surface area contributed by atoms with Gasteiger partial charge in [0.15, 0.2) is 11.5 Å². The average Bonchev–Trinajstić information content (AvgIpc) is 2.76. The Hall–Kier alpha value is -3.89. The third kappa shape index (κ3) is 6.06. The van der Waals surface area contributed by atoms with Gasteiger partial charge in [-0.25, -0.2) is 8.78 Å². The molecule has 0 heterocycles. The van der Waals surface area contributed by atoms with Gasteiger partial charge in [0.05, 0.1) is 27.0 Å². The van der Waals surface area contributed by atoms with Gasteiger partial charge < -0.3 is 30.0 Å². The number of benzene rings is 2. The molecule has 0 aliphatic carbocycles. The number of halogens is 2. The molecule has 0 spiro atoms. The van der Waals surface area contributed by atoms with Gasteiger partial charge in [0.2, 0.25) is 11.7 Å². The van der Waals surface area contributed by atoms with Gasteiger partial charge in [-0.3, -0.25) is 14.4 Å². The van der Waals surface area contributed by atoms with E-state index in [4.69, 9.17) is 19.3 Å². The quantitative estimate of drug-likeness (QED) is 0.506. The van der Waals surface area contributed by atoms with Crippen molar-refractivity contribution in [2.75, 3.05) is 26.6 Å². The molecule has 2 amide bonds. The fourth-order valence-corrected chi connectivity index (χ4v) is 2.80. The lowest BCUT2D eigenvalue weighted by atomic mass is 10.1. The molecule has 11 heteroatoms. The number of nitrogens with one attached hydrogen (secondary N) is 2. The van der Waals surface area contributed by atoms with Gasteiger partial charge in [0.25, 0.3) is 5.91 Å². The normalized spacial score (nSPS) is 11.3. The van der Waals surface area contributed by atoms with E-state index < -0.39 is 41.9 Å². The third-order valence-electron chi connectivity index (χ3n) is 4.38. The number of carbonyl (C=O) groups excluding carboxylic acids is 2. The van der Waals surface area contributed by atoms with E-state index in [1.165, 1.54) is 33.5 Å². The number of ether oxygens (including phenoxy) is 3. The van der Waals surface area contributed by atoms with Crippen molar-refractivity contribution < 1.29 is 42.5 Å². The molecule has 0 aromatic heterocycles. The van der Waals surface area contributed by atoms with E-state index in [0.717, 1.165) is 12.1 Å². The summed E-state index contributed by atoms with van der Waals surface area (Å²) in [6.45, 7) is 0. The number of amides is 2. The number of rotatable bonds is 10. The van der Waals surface area contributed by atoms with Crippen molar-refractivity contribution in [1.29, 1.82) is 0 Å². The van der Waals surface area contributed by atoms with Crippen molar-refractivity contribution in [1.82, 2.24) is 5.32 Å². The molecule has 1 atom stereocenters. The van der Waals surface area contributed by atoms with E-state index >= 15 is 0 Å². The smallest absolute Gasteiger partial charge is 0.303 e. The van der Waals surface area contributed by atoms with Crippen LogP contribution in [0.3, 0.4) is 0 Å². The summed E-state index contributed by atoms with van der Waals surface area (Å²) < 4.78 is 42.5. The highest BCUT2D eigenvalue weighted by Gasteiger charge is 2.25. The van der Waals surface area contributed by atoms with E-state index in [1.54, 1.807) is 0 Å². The van der Waals surface area contributed by atoms with Gasteiger partial charge >= 0.3 is 5.97 Å². The Labute approximate surface area is 182 Å².